The van der Waals surface area contributed by atoms with E-state index in [0.717, 1.165) is 86.4 Å². The average molecular weight is 427 g/mol. The molecule has 0 saturated carbocycles. The molecule has 30 heavy (non-hydrogen) atoms. The Balaban J connectivity index is 1.57. The number of nitrogens with one attached hydrogen (secondary N) is 1. The van der Waals surface area contributed by atoms with Crippen LogP contribution in [0.15, 0.2) is 24.5 Å². The lowest BCUT2D eigenvalue weighted by atomic mass is 10.2. The van der Waals surface area contributed by atoms with Gasteiger partial charge in [-0.25, -0.2) is 9.97 Å². The number of morpholine rings is 1. The lowest BCUT2D eigenvalue weighted by molar-refractivity contribution is 0.122. The second kappa shape index (κ2) is 8.81. The molecule has 0 radical (unpaired) electrons. The summed E-state index contributed by atoms with van der Waals surface area (Å²) in [7, 11) is 1.66. The normalized spacial score (nSPS) is 18.1. The van der Waals surface area contributed by atoms with Crippen molar-refractivity contribution in [3.8, 4) is 17.1 Å². The predicted octanol–water partition coefficient (Wildman–Crippen LogP) is 2.00. The first-order valence-electron chi connectivity index (χ1n) is 10.4. The molecular formula is C21H26N6O2S. The minimum Gasteiger partial charge on any atom is -0.496 e. The fourth-order valence-electron chi connectivity index (χ4n) is 3.97. The summed E-state index contributed by atoms with van der Waals surface area (Å²) in [6.45, 7) is 8.32. The van der Waals surface area contributed by atoms with Gasteiger partial charge in [0.05, 0.1) is 36.1 Å². The quantitative estimate of drug-likeness (QED) is 0.664. The largest absolute Gasteiger partial charge is 0.496 e. The second-order valence-corrected chi connectivity index (χ2v) is 8.64. The minimum absolute atomic E-state index is 0.653. The Hall–Kier alpha value is -2.33. The topological polar surface area (TPSA) is 75.6 Å². The number of aromatic nitrogens is 3. The molecule has 0 spiro atoms. The van der Waals surface area contributed by atoms with Gasteiger partial charge >= 0.3 is 0 Å². The van der Waals surface area contributed by atoms with Crippen molar-refractivity contribution in [2.75, 3.05) is 64.5 Å². The summed E-state index contributed by atoms with van der Waals surface area (Å²) < 4.78 is 12.3. The van der Waals surface area contributed by atoms with E-state index in [0.29, 0.717) is 5.82 Å². The van der Waals surface area contributed by atoms with E-state index in [-0.39, 0.29) is 0 Å². The molecule has 0 atom stereocenters. The van der Waals surface area contributed by atoms with E-state index in [1.165, 1.54) is 4.88 Å². The second-order valence-electron chi connectivity index (χ2n) is 7.50. The number of pyridine rings is 1. The number of rotatable bonds is 5. The van der Waals surface area contributed by atoms with Crippen LogP contribution in [0.4, 0.5) is 5.82 Å². The molecule has 0 bridgehead atoms. The van der Waals surface area contributed by atoms with Gasteiger partial charge in [-0.2, -0.15) is 0 Å². The van der Waals surface area contributed by atoms with Crippen LogP contribution in [-0.2, 0) is 11.3 Å². The zero-order valence-corrected chi connectivity index (χ0v) is 18.0. The highest BCUT2D eigenvalue weighted by Crippen LogP contribution is 2.36. The molecule has 0 unspecified atom stereocenters. The van der Waals surface area contributed by atoms with Crippen LogP contribution in [0.3, 0.4) is 0 Å². The Morgan fingerprint density at radius 3 is 2.80 bits per heavy atom. The molecular weight excluding hydrogens is 400 g/mol. The molecule has 0 amide bonds. The maximum atomic E-state index is 5.57. The Bertz CT molecular complexity index is 1010. The summed E-state index contributed by atoms with van der Waals surface area (Å²) in [5.74, 6) is 2.37. The molecule has 3 aromatic heterocycles. The van der Waals surface area contributed by atoms with Crippen LogP contribution in [0.25, 0.3) is 21.6 Å². The van der Waals surface area contributed by atoms with E-state index in [1.807, 2.05) is 17.4 Å². The maximum absolute atomic E-state index is 5.57. The first-order valence-corrected chi connectivity index (χ1v) is 11.2. The average Bonchev–Trinajstić information content (AvgIpc) is 3.22. The highest BCUT2D eigenvalue weighted by molar-refractivity contribution is 7.19. The van der Waals surface area contributed by atoms with Gasteiger partial charge in [0.2, 0.25) is 0 Å². The SMILES string of the molecule is COc1ccncc1-c1nc(N2CCOCC2)c2sc(CN3CCNCC3)cc2n1. The van der Waals surface area contributed by atoms with Gasteiger partial charge in [0.25, 0.3) is 0 Å². The van der Waals surface area contributed by atoms with Gasteiger partial charge in [0.1, 0.15) is 5.75 Å². The summed E-state index contributed by atoms with van der Waals surface area (Å²) in [4.78, 5) is 20.3. The Morgan fingerprint density at radius 2 is 2.00 bits per heavy atom. The molecule has 5 heterocycles. The molecule has 8 nitrogen and oxygen atoms in total. The fraction of sp³-hybridized carbons (Fsp3) is 0.476. The Morgan fingerprint density at radius 1 is 1.17 bits per heavy atom. The zero-order valence-electron chi connectivity index (χ0n) is 17.1. The minimum atomic E-state index is 0.653. The highest BCUT2D eigenvalue weighted by atomic mass is 32.1. The molecule has 2 aliphatic heterocycles. The van der Waals surface area contributed by atoms with Crippen LogP contribution in [-0.4, -0.2) is 79.4 Å². The number of nitrogens with zero attached hydrogens (tertiary/aromatic N) is 5. The van der Waals surface area contributed by atoms with Crippen molar-refractivity contribution in [3.05, 3.63) is 29.4 Å². The maximum Gasteiger partial charge on any atom is 0.167 e. The molecule has 3 aromatic rings. The van der Waals surface area contributed by atoms with E-state index < -0.39 is 0 Å². The molecule has 2 saturated heterocycles. The van der Waals surface area contributed by atoms with E-state index in [9.17, 15) is 0 Å². The van der Waals surface area contributed by atoms with E-state index in [2.05, 4.69) is 26.2 Å². The number of anilines is 1. The van der Waals surface area contributed by atoms with Crippen LogP contribution in [0.5, 0.6) is 5.75 Å². The fourth-order valence-corrected chi connectivity index (χ4v) is 5.12. The van der Waals surface area contributed by atoms with Crippen LogP contribution >= 0.6 is 11.3 Å². The summed E-state index contributed by atoms with van der Waals surface area (Å²) in [6, 6.07) is 4.07. The lowest BCUT2D eigenvalue weighted by Gasteiger charge is -2.28. The molecule has 2 aliphatic rings. The third-order valence-electron chi connectivity index (χ3n) is 5.55. The first-order chi connectivity index (χ1) is 14.8. The molecule has 0 aromatic carbocycles. The van der Waals surface area contributed by atoms with Gasteiger partial charge in [0, 0.05) is 63.1 Å². The van der Waals surface area contributed by atoms with Crippen molar-refractivity contribution in [1.29, 1.82) is 0 Å². The molecule has 9 heteroatoms. The molecule has 1 N–H and O–H groups in total. The molecule has 5 rings (SSSR count). The van der Waals surface area contributed by atoms with Crippen LogP contribution in [0, 0.1) is 0 Å². The molecule has 0 aliphatic carbocycles. The van der Waals surface area contributed by atoms with Crippen molar-refractivity contribution >= 4 is 27.4 Å². The number of ether oxygens (including phenoxy) is 2. The summed E-state index contributed by atoms with van der Waals surface area (Å²) in [6.07, 6.45) is 3.50. The predicted molar refractivity (Wildman–Crippen MR) is 118 cm³/mol. The van der Waals surface area contributed by atoms with Gasteiger partial charge in [0.15, 0.2) is 11.6 Å². The smallest absolute Gasteiger partial charge is 0.167 e. The van der Waals surface area contributed by atoms with E-state index in [4.69, 9.17) is 19.4 Å². The van der Waals surface area contributed by atoms with Gasteiger partial charge in [-0.3, -0.25) is 9.88 Å². The third-order valence-corrected chi connectivity index (χ3v) is 6.65. The van der Waals surface area contributed by atoms with Crippen LogP contribution in [0.2, 0.25) is 0 Å². The van der Waals surface area contributed by atoms with Gasteiger partial charge in [-0.15, -0.1) is 11.3 Å². The number of thiophene rings is 1. The number of hydrogen-bond acceptors (Lipinski definition) is 9. The van der Waals surface area contributed by atoms with Crippen molar-refractivity contribution in [1.82, 2.24) is 25.2 Å². The van der Waals surface area contributed by atoms with Crippen LogP contribution < -0.4 is 15.0 Å². The van der Waals surface area contributed by atoms with Crippen LogP contribution in [0.1, 0.15) is 4.88 Å². The molecule has 2 fully saturated rings. The molecule has 158 valence electrons. The Kier molecular flexibility index (Phi) is 5.76. The third kappa shape index (κ3) is 3.98. The first kappa shape index (κ1) is 19.6. The van der Waals surface area contributed by atoms with Gasteiger partial charge < -0.3 is 19.7 Å². The summed E-state index contributed by atoms with van der Waals surface area (Å²) in [5.41, 5.74) is 1.80. The lowest BCUT2D eigenvalue weighted by Crippen LogP contribution is -2.42. The summed E-state index contributed by atoms with van der Waals surface area (Å²) >= 11 is 1.81. The number of hydrogen-bond donors (Lipinski definition) is 1. The van der Waals surface area contributed by atoms with E-state index >= 15 is 0 Å². The van der Waals surface area contributed by atoms with Gasteiger partial charge in [-0.1, -0.05) is 0 Å². The number of fused-ring (bicyclic) bond motifs is 1. The van der Waals surface area contributed by atoms with E-state index in [1.54, 1.807) is 19.5 Å². The van der Waals surface area contributed by atoms with Crippen molar-refractivity contribution < 1.29 is 9.47 Å². The van der Waals surface area contributed by atoms with Crippen molar-refractivity contribution in [2.45, 2.75) is 6.54 Å². The standard InChI is InChI=1S/C21H26N6O2S/c1-28-18-2-3-23-13-16(18)20-24-17-12-15(14-26-6-4-22-5-7-26)30-19(17)21(25-20)27-8-10-29-11-9-27/h2-3,12-13,22H,4-11,14H2,1H3. The van der Waals surface area contributed by atoms with Crippen molar-refractivity contribution in [3.63, 3.8) is 0 Å². The monoisotopic (exact) mass is 426 g/mol. The highest BCUT2D eigenvalue weighted by Gasteiger charge is 2.22. The van der Waals surface area contributed by atoms with Gasteiger partial charge in [-0.05, 0) is 12.1 Å². The zero-order chi connectivity index (χ0) is 20.3. The number of piperazine rings is 1. The summed E-state index contributed by atoms with van der Waals surface area (Å²) in [5, 5.41) is 3.42. The Labute approximate surface area is 179 Å². The number of methoxy groups -OCH3 is 1. The van der Waals surface area contributed by atoms with Crippen molar-refractivity contribution in [2.24, 2.45) is 0 Å².